The van der Waals surface area contributed by atoms with E-state index >= 15 is 0 Å². The van der Waals surface area contributed by atoms with Gasteiger partial charge in [-0.25, -0.2) is 0 Å². The van der Waals surface area contributed by atoms with Gasteiger partial charge in [0.2, 0.25) is 0 Å². The van der Waals surface area contributed by atoms with Gasteiger partial charge in [0.15, 0.2) is 0 Å². The summed E-state index contributed by atoms with van der Waals surface area (Å²) in [6, 6.07) is 20.2. The SMILES string of the molecule is O=C1c2c(Cl)cccc2CN1c1cccc(-c2cncc(CC3CCN(c4ccncc4)CC3)c2)c1. The first-order valence-electron chi connectivity index (χ1n) is 12.4. The molecule has 1 amide bonds. The number of carbonyl (C=O) groups excluding carboxylic acids is 1. The average molecular weight is 495 g/mol. The summed E-state index contributed by atoms with van der Waals surface area (Å²) < 4.78 is 0. The normalized spacial score (nSPS) is 15.9. The summed E-state index contributed by atoms with van der Waals surface area (Å²) >= 11 is 6.32. The lowest BCUT2D eigenvalue weighted by Gasteiger charge is -2.33. The second kappa shape index (κ2) is 9.75. The van der Waals surface area contributed by atoms with Gasteiger partial charge in [-0.2, -0.15) is 0 Å². The summed E-state index contributed by atoms with van der Waals surface area (Å²) in [5.41, 5.74) is 7.11. The van der Waals surface area contributed by atoms with Crippen molar-refractivity contribution < 1.29 is 4.79 Å². The van der Waals surface area contributed by atoms with E-state index in [9.17, 15) is 4.79 Å². The van der Waals surface area contributed by atoms with Crippen molar-refractivity contribution in [3.05, 3.63) is 107 Å². The van der Waals surface area contributed by atoms with Gasteiger partial charge in [0, 0.05) is 54.8 Å². The first-order valence-corrected chi connectivity index (χ1v) is 12.8. The van der Waals surface area contributed by atoms with Crippen LogP contribution in [0.25, 0.3) is 11.1 Å². The third-order valence-electron chi connectivity index (χ3n) is 7.34. The molecule has 4 heterocycles. The smallest absolute Gasteiger partial charge is 0.260 e. The predicted octanol–water partition coefficient (Wildman–Crippen LogP) is 6.42. The van der Waals surface area contributed by atoms with E-state index in [-0.39, 0.29) is 5.91 Å². The van der Waals surface area contributed by atoms with Gasteiger partial charge in [-0.3, -0.25) is 14.8 Å². The molecule has 0 radical (unpaired) electrons. The molecule has 1 fully saturated rings. The van der Waals surface area contributed by atoms with Crippen LogP contribution < -0.4 is 9.80 Å². The van der Waals surface area contributed by atoms with E-state index in [2.05, 4.69) is 45.2 Å². The summed E-state index contributed by atoms with van der Waals surface area (Å²) in [5.74, 6) is 0.606. The maximum absolute atomic E-state index is 13.1. The lowest BCUT2D eigenvalue weighted by molar-refractivity contribution is 0.0997. The molecule has 0 atom stereocenters. The van der Waals surface area contributed by atoms with E-state index in [0.717, 1.165) is 41.9 Å². The van der Waals surface area contributed by atoms with Gasteiger partial charge in [-0.15, -0.1) is 0 Å². The molecule has 2 aliphatic rings. The molecule has 0 saturated carbocycles. The number of benzene rings is 2. The molecule has 0 bridgehead atoms. The predicted molar refractivity (Wildman–Crippen MR) is 145 cm³/mol. The Morgan fingerprint density at radius 1 is 0.861 bits per heavy atom. The maximum atomic E-state index is 13.1. The van der Waals surface area contributed by atoms with Crippen LogP contribution in [0, 0.1) is 5.92 Å². The first kappa shape index (κ1) is 22.7. The number of rotatable bonds is 5. The van der Waals surface area contributed by atoms with Gasteiger partial charge >= 0.3 is 0 Å². The fraction of sp³-hybridized carbons (Fsp3) is 0.233. The minimum absolute atomic E-state index is 0.0438. The molecule has 0 spiro atoms. The average Bonchev–Trinajstić information content (AvgIpc) is 3.27. The highest BCUT2D eigenvalue weighted by Gasteiger charge is 2.30. The van der Waals surface area contributed by atoms with Crippen molar-refractivity contribution in [2.75, 3.05) is 22.9 Å². The monoisotopic (exact) mass is 494 g/mol. The number of hydrogen-bond acceptors (Lipinski definition) is 4. The van der Waals surface area contributed by atoms with Crippen LogP contribution in [-0.4, -0.2) is 29.0 Å². The van der Waals surface area contributed by atoms with Gasteiger partial charge in [-0.05, 0) is 78.3 Å². The fourth-order valence-electron chi connectivity index (χ4n) is 5.42. The van der Waals surface area contributed by atoms with Crippen LogP contribution in [0.3, 0.4) is 0 Å². The van der Waals surface area contributed by atoms with Crippen molar-refractivity contribution in [2.45, 2.75) is 25.8 Å². The van der Waals surface area contributed by atoms with Crippen LogP contribution in [0.2, 0.25) is 5.02 Å². The number of hydrogen-bond donors (Lipinski definition) is 0. The van der Waals surface area contributed by atoms with Crippen LogP contribution in [0.4, 0.5) is 11.4 Å². The zero-order valence-electron chi connectivity index (χ0n) is 20.0. The fourth-order valence-corrected chi connectivity index (χ4v) is 5.69. The summed E-state index contributed by atoms with van der Waals surface area (Å²) in [7, 11) is 0. The number of amides is 1. The van der Waals surface area contributed by atoms with Crippen molar-refractivity contribution >= 4 is 28.9 Å². The number of piperidine rings is 1. The van der Waals surface area contributed by atoms with Gasteiger partial charge in [0.05, 0.1) is 17.1 Å². The molecule has 0 aliphatic carbocycles. The van der Waals surface area contributed by atoms with E-state index in [1.165, 1.54) is 24.1 Å². The Bertz CT molecular complexity index is 1400. The molecular formula is C30H27ClN4O. The zero-order chi connectivity index (χ0) is 24.5. The van der Waals surface area contributed by atoms with Crippen LogP contribution in [0.15, 0.2) is 85.5 Å². The second-order valence-corrected chi connectivity index (χ2v) is 10.0. The Labute approximate surface area is 216 Å². The highest BCUT2D eigenvalue weighted by atomic mass is 35.5. The highest BCUT2D eigenvalue weighted by molar-refractivity contribution is 6.35. The van der Waals surface area contributed by atoms with Crippen molar-refractivity contribution in [3.63, 3.8) is 0 Å². The van der Waals surface area contributed by atoms with E-state index in [1.807, 2.05) is 49.1 Å². The van der Waals surface area contributed by atoms with Gasteiger partial charge < -0.3 is 9.80 Å². The van der Waals surface area contributed by atoms with E-state index < -0.39 is 0 Å². The summed E-state index contributed by atoms with van der Waals surface area (Å²) in [6.07, 6.45) is 11.0. The zero-order valence-corrected chi connectivity index (χ0v) is 20.7. The third kappa shape index (κ3) is 4.47. The van der Waals surface area contributed by atoms with Gasteiger partial charge in [0.1, 0.15) is 0 Å². The quantitative estimate of drug-likeness (QED) is 0.321. The molecule has 2 aliphatic heterocycles. The molecule has 36 heavy (non-hydrogen) atoms. The summed E-state index contributed by atoms with van der Waals surface area (Å²) in [5, 5.41) is 0.514. The Balaban J connectivity index is 1.16. The number of halogens is 1. The largest absolute Gasteiger partial charge is 0.371 e. The number of aromatic nitrogens is 2. The Kier molecular flexibility index (Phi) is 6.16. The second-order valence-electron chi connectivity index (χ2n) is 9.64. The van der Waals surface area contributed by atoms with E-state index in [1.54, 1.807) is 11.0 Å². The van der Waals surface area contributed by atoms with Gasteiger partial charge in [0.25, 0.3) is 5.91 Å². The Morgan fingerprint density at radius 3 is 2.47 bits per heavy atom. The molecule has 180 valence electrons. The molecule has 0 N–H and O–H groups in total. The highest BCUT2D eigenvalue weighted by Crippen LogP contribution is 2.34. The van der Waals surface area contributed by atoms with Crippen LogP contribution in [0.5, 0.6) is 0 Å². The molecule has 1 saturated heterocycles. The lowest BCUT2D eigenvalue weighted by Crippen LogP contribution is -2.34. The molecule has 6 heteroatoms. The maximum Gasteiger partial charge on any atom is 0.260 e. The molecule has 4 aromatic rings. The molecular weight excluding hydrogens is 468 g/mol. The van der Waals surface area contributed by atoms with Gasteiger partial charge in [-0.1, -0.05) is 35.9 Å². The number of nitrogens with zero attached hydrogens (tertiary/aromatic N) is 4. The number of pyridine rings is 2. The topological polar surface area (TPSA) is 49.3 Å². The summed E-state index contributed by atoms with van der Waals surface area (Å²) in [6.45, 7) is 2.68. The number of anilines is 2. The number of carbonyl (C=O) groups is 1. The standard InChI is InChI=1S/C30H27ClN4O/c31-28-6-2-4-24-20-35(30(36)29(24)28)27-5-1-3-23(17-27)25-16-22(18-33-19-25)15-21-9-13-34(14-10-21)26-7-11-32-12-8-26/h1-8,11-12,16-19,21H,9-10,13-15,20H2. The third-order valence-corrected chi connectivity index (χ3v) is 7.66. The number of fused-ring (bicyclic) bond motifs is 1. The minimum Gasteiger partial charge on any atom is -0.371 e. The van der Waals surface area contributed by atoms with Crippen LogP contribution >= 0.6 is 11.6 Å². The van der Waals surface area contributed by atoms with Crippen molar-refractivity contribution in [1.82, 2.24) is 9.97 Å². The Hall–Kier alpha value is -3.70. The van der Waals surface area contributed by atoms with Crippen molar-refractivity contribution in [2.24, 2.45) is 5.92 Å². The minimum atomic E-state index is -0.0438. The molecule has 6 rings (SSSR count). The summed E-state index contributed by atoms with van der Waals surface area (Å²) in [4.78, 5) is 26.0. The Morgan fingerprint density at radius 2 is 1.67 bits per heavy atom. The van der Waals surface area contributed by atoms with E-state index in [4.69, 9.17) is 11.6 Å². The van der Waals surface area contributed by atoms with Crippen LogP contribution in [0.1, 0.15) is 34.3 Å². The van der Waals surface area contributed by atoms with Crippen molar-refractivity contribution in [3.8, 4) is 11.1 Å². The van der Waals surface area contributed by atoms with Crippen molar-refractivity contribution in [1.29, 1.82) is 0 Å². The molecule has 5 nitrogen and oxygen atoms in total. The lowest BCUT2D eigenvalue weighted by atomic mass is 9.90. The molecule has 2 aromatic heterocycles. The van der Waals surface area contributed by atoms with Crippen LogP contribution in [-0.2, 0) is 13.0 Å². The molecule has 0 unspecified atom stereocenters. The first-order chi connectivity index (χ1) is 17.7. The molecule has 2 aromatic carbocycles. The van der Waals surface area contributed by atoms with E-state index in [0.29, 0.717) is 23.0 Å².